The van der Waals surface area contributed by atoms with Crippen LogP contribution in [0.1, 0.15) is 11.1 Å². The summed E-state index contributed by atoms with van der Waals surface area (Å²) in [7, 11) is 0. The minimum atomic E-state index is -0.433. The molecule has 0 aliphatic carbocycles. The first kappa shape index (κ1) is 23.0. The number of ether oxygens (including phenoxy) is 1. The zero-order valence-electron chi connectivity index (χ0n) is 16.2. The van der Waals surface area contributed by atoms with Gasteiger partial charge in [-0.25, -0.2) is 4.90 Å². The molecule has 0 spiro atoms. The van der Waals surface area contributed by atoms with E-state index in [1.807, 2.05) is 12.1 Å². The number of nitrogens with zero attached hydrogens (tertiary/aromatic N) is 1. The van der Waals surface area contributed by atoms with Crippen LogP contribution in [0, 0.1) is 0 Å². The van der Waals surface area contributed by atoms with Crippen LogP contribution in [-0.4, -0.2) is 11.1 Å². The molecule has 3 aromatic carbocycles. The summed E-state index contributed by atoms with van der Waals surface area (Å²) < 4.78 is 5.77. The van der Waals surface area contributed by atoms with Crippen molar-refractivity contribution < 1.29 is 14.3 Å². The number of anilines is 1. The zero-order chi connectivity index (χ0) is 22.8. The summed E-state index contributed by atoms with van der Waals surface area (Å²) in [5, 5.41) is 1.32. The van der Waals surface area contributed by atoms with Gasteiger partial charge in [0.15, 0.2) is 5.75 Å². The van der Waals surface area contributed by atoms with E-state index in [1.165, 1.54) is 0 Å². The Morgan fingerprint density at radius 2 is 1.41 bits per heavy atom. The predicted octanol–water partition coefficient (Wildman–Crippen LogP) is 8.12. The minimum absolute atomic E-state index is 0.256. The third-order valence-corrected chi connectivity index (χ3v) is 6.43. The van der Waals surface area contributed by atoms with Crippen molar-refractivity contribution in [1.82, 2.24) is 0 Å². The number of benzene rings is 3. The number of hydrogen-bond donors (Lipinski definition) is 0. The number of carbonyl (C=O) groups excluding carboxylic acids is 2. The van der Waals surface area contributed by atoms with Crippen molar-refractivity contribution in [3.05, 3.63) is 96.8 Å². The van der Waals surface area contributed by atoms with Crippen LogP contribution >= 0.6 is 58.2 Å². The lowest BCUT2D eigenvalue weighted by atomic mass is 10.2. The molecule has 4 rings (SSSR count). The summed E-state index contributed by atoms with van der Waals surface area (Å²) in [6, 6.07) is 16.9. The highest BCUT2D eigenvalue weighted by Gasteiger charge is 2.36. The van der Waals surface area contributed by atoms with Gasteiger partial charge in [-0.3, -0.25) is 9.59 Å². The zero-order valence-corrected chi connectivity index (χ0v) is 20.0. The molecule has 0 unspecified atom stereocenters. The second-order valence-electron chi connectivity index (χ2n) is 6.72. The fraction of sp³-hybridized carbons (Fsp3) is 0.0435. The second kappa shape index (κ2) is 9.77. The molecule has 1 saturated heterocycles. The Hall–Kier alpha value is -2.15. The third-order valence-electron chi connectivity index (χ3n) is 4.49. The van der Waals surface area contributed by atoms with Crippen LogP contribution in [-0.2, 0) is 11.4 Å². The molecule has 0 aromatic heterocycles. The van der Waals surface area contributed by atoms with E-state index in [2.05, 4.69) is 0 Å². The lowest BCUT2D eigenvalue weighted by Gasteiger charge is -2.12. The number of amides is 2. The molecular weight excluding hydrogens is 512 g/mol. The van der Waals surface area contributed by atoms with E-state index in [1.54, 1.807) is 54.6 Å². The Kier molecular flexibility index (Phi) is 7.03. The van der Waals surface area contributed by atoms with Crippen molar-refractivity contribution in [1.29, 1.82) is 0 Å². The standard InChI is InChI=1S/C23H13Cl4NO3S/c24-15-3-1-13(2-4-15)12-31-21-18(26)9-14(10-19(21)27)11-20-22(29)28(23(30)32-20)17-7-5-16(25)6-8-17/h1-11H,12H2/b20-11+. The van der Waals surface area contributed by atoms with Crippen molar-refractivity contribution in [2.24, 2.45) is 0 Å². The Labute approximate surface area is 208 Å². The van der Waals surface area contributed by atoms with Crippen LogP contribution in [0.3, 0.4) is 0 Å². The van der Waals surface area contributed by atoms with Crippen molar-refractivity contribution in [2.45, 2.75) is 6.61 Å². The molecule has 1 heterocycles. The normalized spacial score (nSPS) is 15.0. The fourth-order valence-electron chi connectivity index (χ4n) is 2.97. The van der Waals surface area contributed by atoms with Gasteiger partial charge in [0, 0.05) is 10.0 Å². The van der Waals surface area contributed by atoms with Gasteiger partial charge in [0.05, 0.1) is 20.6 Å². The number of thioether (sulfide) groups is 1. The smallest absolute Gasteiger partial charge is 0.298 e. The first-order valence-electron chi connectivity index (χ1n) is 9.21. The highest BCUT2D eigenvalue weighted by atomic mass is 35.5. The van der Waals surface area contributed by atoms with E-state index < -0.39 is 11.1 Å². The van der Waals surface area contributed by atoms with Crippen LogP contribution in [0.15, 0.2) is 65.6 Å². The monoisotopic (exact) mass is 523 g/mol. The first-order valence-corrected chi connectivity index (χ1v) is 11.5. The number of hydrogen-bond acceptors (Lipinski definition) is 4. The van der Waals surface area contributed by atoms with Gasteiger partial charge in [0.25, 0.3) is 11.1 Å². The van der Waals surface area contributed by atoms with Gasteiger partial charge in [-0.15, -0.1) is 0 Å². The van der Waals surface area contributed by atoms with E-state index in [9.17, 15) is 9.59 Å². The van der Waals surface area contributed by atoms with Crippen molar-refractivity contribution in [3.8, 4) is 5.75 Å². The second-order valence-corrected chi connectivity index (χ2v) is 9.40. The Bertz CT molecular complexity index is 1200. The summed E-state index contributed by atoms with van der Waals surface area (Å²) in [5.41, 5.74) is 1.92. The summed E-state index contributed by atoms with van der Waals surface area (Å²) >= 11 is 25.4. The predicted molar refractivity (Wildman–Crippen MR) is 132 cm³/mol. The van der Waals surface area contributed by atoms with E-state index in [4.69, 9.17) is 51.1 Å². The number of carbonyl (C=O) groups is 2. The summed E-state index contributed by atoms with van der Waals surface area (Å²) in [5.74, 6) is -0.104. The molecule has 0 radical (unpaired) electrons. The van der Waals surface area contributed by atoms with Gasteiger partial charge in [-0.2, -0.15) is 0 Å². The molecule has 1 fully saturated rings. The topological polar surface area (TPSA) is 46.6 Å². The molecule has 32 heavy (non-hydrogen) atoms. The van der Waals surface area contributed by atoms with Gasteiger partial charge in [0.2, 0.25) is 0 Å². The molecule has 2 amide bonds. The molecule has 4 nitrogen and oxygen atoms in total. The average Bonchev–Trinajstić information content (AvgIpc) is 3.02. The molecule has 0 saturated carbocycles. The third kappa shape index (κ3) is 5.08. The van der Waals surface area contributed by atoms with Crippen LogP contribution in [0.2, 0.25) is 20.1 Å². The number of halogens is 4. The Morgan fingerprint density at radius 1 is 0.844 bits per heavy atom. The van der Waals surface area contributed by atoms with Gasteiger partial charge in [-0.1, -0.05) is 58.5 Å². The SMILES string of the molecule is O=C1S/C(=C/c2cc(Cl)c(OCc3ccc(Cl)cc3)c(Cl)c2)C(=O)N1c1ccc(Cl)cc1. The number of rotatable bonds is 5. The maximum atomic E-state index is 12.8. The first-order chi connectivity index (χ1) is 15.3. The fourth-order valence-corrected chi connectivity index (χ4v) is 4.68. The minimum Gasteiger partial charge on any atom is -0.486 e. The van der Waals surface area contributed by atoms with E-state index in [0.29, 0.717) is 27.0 Å². The highest BCUT2D eigenvalue weighted by molar-refractivity contribution is 8.19. The lowest BCUT2D eigenvalue weighted by molar-refractivity contribution is -0.113. The lowest BCUT2D eigenvalue weighted by Crippen LogP contribution is -2.27. The van der Waals surface area contributed by atoms with Crippen LogP contribution in [0.25, 0.3) is 6.08 Å². The summed E-state index contributed by atoms with van der Waals surface area (Å²) in [6.45, 7) is 0.260. The van der Waals surface area contributed by atoms with Gasteiger partial charge >= 0.3 is 0 Å². The molecule has 162 valence electrons. The van der Waals surface area contributed by atoms with E-state index in [-0.39, 0.29) is 21.6 Å². The average molecular weight is 525 g/mol. The van der Waals surface area contributed by atoms with E-state index in [0.717, 1.165) is 22.2 Å². The molecule has 0 N–H and O–H groups in total. The maximum Gasteiger partial charge on any atom is 0.298 e. The molecule has 0 bridgehead atoms. The highest BCUT2D eigenvalue weighted by Crippen LogP contribution is 2.39. The van der Waals surface area contributed by atoms with Gasteiger partial charge < -0.3 is 4.74 Å². The molecular formula is C23H13Cl4NO3S. The molecule has 3 aromatic rings. The summed E-state index contributed by atoms with van der Waals surface area (Å²) in [6.07, 6.45) is 1.57. The molecule has 0 atom stereocenters. The Morgan fingerprint density at radius 3 is 2.00 bits per heavy atom. The maximum absolute atomic E-state index is 12.8. The van der Waals surface area contributed by atoms with Crippen molar-refractivity contribution in [2.75, 3.05) is 4.90 Å². The molecule has 1 aliphatic heterocycles. The van der Waals surface area contributed by atoms with Gasteiger partial charge in [0.1, 0.15) is 6.61 Å². The number of imide groups is 1. The summed E-state index contributed by atoms with van der Waals surface area (Å²) in [4.78, 5) is 26.6. The van der Waals surface area contributed by atoms with Crippen LogP contribution in [0.5, 0.6) is 5.75 Å². The Balaban J connectivity index is 1.54. The van der Waals surface area contributed by atoms with Crippen molar-refractivity contribution >= 4 is 81.1 Å². The van der Waals surface area contributed by atoms with Crippen LogP contribution < -0.4 is 9.64 Å². The largest absolute Gasteiger partial charge is 0.486 e. The van der Waals surface area contributed by atoms with Crippen LogP contribution in [0.4, 0.5) is 10.5 Å². The molecule has 9 heteroatoms. The quantitative estimate of drug-likeness (QED) is 0.316. The van der Waals surface area contributed by atoms with Crippen molar-refractivity contribution in [3.63, 3.8) is 0 Å². The van der Waals surface area contributed by atoms with Gasteiger partial charge in [-0.05, 0) is 77.5 Å². The van der Waals surface area contributed by atoms with E-state index >= 15 is 0 Å². The molecule has 1 aliphatic rings.